The van der Waals surface area contributed by atoms with Crippen LogP contribution in [0, 0.1) is 0 Å². The minimum Gasteiger partial charge on any atom is -0.341 e. The summed E-state index contributed by atoms with van der Waals surface area (Å²) in [6.45, 7) is 2.20. The predicted molar refractivity (Wildman–Crippen MR) is 175 cm³/mol. The number of H-pyrrole nitrogens is 1. The zero-order valence-electron chi connectivity index (χ0n) is 25.0. The predicted octanol–water partition coefficient (Wildman–Crippen LogP) is 7.97. The van der Waals surface area contributed by atoms with Crippen LogP contribution in [0.15, 0.2) is 65.8 Å². The maximum atomic E-state index is 5.05. The number of aromatic nitrogens is 2. The molecule has 3 aromatic carbocycles. The quantitative estimate of drug-likeness (QED) is 0.229. The van der Waals surface area contributed by atoms with Crippen LogP contribution in [0.4, 0.5) is 5.69 Å². The standard InChI is InChI=1S/C38H41N5/c1-2-17-38(16-1)18-15-30-28(26-11-14-31-27(21-26)22-34(42-31)32-5-3-19-39-32)12-13-29(36(30)38)24-7-9-25(10-8-24)35-23-41-37(43-35)33-6-4-20-40-33/h7-14,21,23,32-33,39-40H,1-6,15-20,22H2,(H,41,43)/t32?,33-/m0/s1. The Bertz CT molecular complexity index is 1710. The highest BCUT2D eigenvalue weighted by Gasteiger charge is 2.43. The molecule has 1 unspecified atom stereocenters. The molecule has 0 radical (unpaired) electrons. The van der Waals surface area contributed by atoms with Crippen molar-refractivity contribution < 1.29 is 0 Å². The summed E-state index contributed by atoms with van der Waals surface area (Å²) >= 11 is 0. The van der Waals surface area contributed by atoms with Crippen LogP contribution in [0.5, 0.6) is 0 Å². The molecule has 4 aromatic rings. The summed E-state index contributed by atoms with van der Waals surface area (Å²) in [6, 6.07) is 22.0. The van der Waals surface area contributed by atoms with Gasteiger partial charge in [0.1, 0.15) is 5.82 Å². The topological polar surface area (TPSA) is 65.1 Å². The Morgan fingerprint density at radius 1 is 0.721 bits per heavy atom. The highest BCUT2D eigenvalue weighted by atomic mass is 15.0. The van der Waals surface area contributed by atoms with Crippen molar-refractivity contribution in [3.8, 4) is 33.5 Å². The maximum absolute atomic E-state index is 5.05. The van der Waals surface area contributed by atoms with Crippen LogP contribution < -0.4 is 10.6 Å². The second kappa shape index (κ2) is 10.3. The van der Waals surface area contributed by atoms with E-state index < -0.39 is 0 Å². The third kappa shape index (κ3) is 4.35. The molecule has 5 nitrogen and oxygen atoms in total. The van der Waals surface area contributed by atoms with Crippen molar-refractivity contribution in [1.82, 2.24) is 20.6 Å². The molecule has 0 amide bonds. The molecule has 3 aliphatic heterocycles. The molecule has 1 saturated carbocycles. The maximum Gasteiger partial charge on any atom is 0.123 e. The Kier molecular flexibility index (Phi) is 6.19. The number of benzene rings is 3. The first-order valence-electron chi connectivity index (χ1n) is 16.7. The highest BCUT2D eigenvalue weighted by Crippen LogP contribution is 2.55. The summed E-state index contributed by atoms with van der Waals surface area (Å²) in [5, 5.41) is 7.21. The molecule has 5 aliphatic rings. The van der Waals surface area contributed by atoms with Crippen molar-refractivity contribution in [2.24, 2.45) is 4.99 Å². The molecule has 1 spiro atoms. The SMILES string of the molecule is c1cc(-c2ccc(-c3ccc4c(c3)CC(C3CCCN3)=N4)c3c2C2(CCCC2)CC3)ccc1-c1cnc([C@@H]2CCCN2)[nH]1. The number of imidazole rings is 1. The van der Waals surface area contributed by atoms with E-state index in [1.165, 1.54) is 103 Å². The molecule has 3 fully saturated rings. The van der Waals surface area contributed by atoms with Gasteiger partial charge in [-0.2, -0.15) is 0 Å². The van der Waals surface area contributed by atoms with E-state index in [4.69, 9.17) is 9.98 Å². The molecule has 5 heteroatoms. The Hall–Kier alpha value is -3.54. The molecule has 0 bridgehead atoms. The molecular formula is C38H41N5. The van der Waals surface area contributed by atoms with Crippen LogP contribution in [0.2, 0.25) is 0 Å². The minimum atomic E-state index is 0.340. The number of hydrogen-bond donors (Lipinski definition) is 3. The van der Waals surface area contributed by atoms with Crippen LogP contribution >= 0.6 is 0 Å². The van der Waals surface area contributed by atoms with E-state index in [2.05, 4.69) is 70.2 Å². The third-order valence-corrected chi connectivity index (χ3v) is 11.2. The second-order valence-electron chi connectivity index (χ2n) is 13.7. The first-order chi connectivity index (χ1) is 21.2. The van der Waals surface area contributed by atoms with Crippen LogP contribution in [0.3, 0.4) is 0 Å². The van der Waals surface area contributed by atoms with Crippen LogP contribution in [-0.4, -0.2) is 34.8 Å². The van der Waals surface area contributed by atoms with Gasteiger partial charge in [0.2, 0.25) is 0 Å². The van der Waals surface area contributed by atoms with Crippen molar-refractivity contribution in [3.63, 3.8) is 0 Å². The fourth-order valence-electron chi connectivity index (χ4n) is 9.04. The van der Waals surface area contributed by atoms with Gasteiger partial charge in [-0.05, 0) is 127 Å². The van der Waals surface area contributed by atoms with Gasteiger partial charge in [-0.15, -0.1) is 0 Å². The average Bonchev–Trinajstić information content (AvgIpc) is 3.89. The number of aliphatic imine (C=N–C) groups is 1. The molecule has 218 valence electrons. The van der Waals surface area contributed by atoms with Crippen molar-refractivity contribution in [2.75, 3.05) is 13.1 Å². The Labute approximate surface area is 254 Å². The van der Waals surface area contributed by atoms with Gasteiger partial charge in [-0.1, -0.05) is 55.3 Å². The summed E-state index contributed by atoms with van der Waals surface area (Å²) < 4.78 is 0. The molecule has 2 atom stereocenters. The first kappa shape index (κ1) is 25.9. The lowest BCUT2D eigenvalue weighted by Crippen LogP contribution is -2.30. The fourth-order valence-corrected chi connectivity index (χ4v) is 9.04. The van der Waals surface area contributed by atoms with Crippen LogP contribution in [-0.2, 0) is 18.3 Å². The van der Waals surface area contributed by atoms with Gasteiger partial charge in [0.25, 0.3) is 0 Å². The Morgan fingerprint density at radius 3 is 2.26 bits per heavy atom. The zero-order valence-corrected chi connectivity index (χ0v) is 25.0. The fraction of sp³-hybridized carbons (Fsp3) is 0.421. The van der Waals surface area contributed by atoms with Crippen LogP contribution in [0.1, 0.15) is 86.3 Å². The molecule has 1 aromatic heterocycles. The Morgan fingerprint density at radius 2 is 1.47 bits per heavy atom. The van der Waals surface area contributed by atoms with E-state index in [1.54, 1.807) is 11.1 Å². The zero-order chi connectivity index (χ0) is 28.4. The van der Waals surface area contributed by atoms with Gasteiger partial charge in [-0.3, -0.25) is 4.99 Å². The summed E-state index contributed by atoms with van der Waals surface area (Å²) in [5.41, 5.74) is 15.4. The summed E-state index contributed by atoms with van der Waals surface area (Å²) in [4.78, 5) is 13.3. The normalized spacial score (nSPS) is 23.7. The van der Waals surface area contributed by atoms with E-state index in [0.29, 0.717) is 17.5 Å². The van der Waals surface area contributed by atoms with E-state index in [9.17, 15) is 0 Å². The van der Waals surface area contributed by atoms with Gasteiger partial charge in [0.15, 0.2) is 0 Å². The molecule has 3 N–H and O–H groups in total. The third-order valence-electron chi connectivity index (χ3n) is 11.2. The smallest absolute Gasteiger partial charge is 0.123 e. The van der Waals surface area contributed by atoms with E-state index in [-0.39, 0.29) is 0 Å². The molecular weight excluding hydrogens is 526 g/mol. The van der Waals surface area contributed by atoms with E-state index in [1.807, 2.05) is 6.20 Å². The van der Waals surface area contributed by atoms with Gasteiger partial charge in [0, 0.05) is 18.2 Å². The summed E-state index contributed by atoms with van der Waals surface area (Å²) in [5.74, 6) is 1.07. The number of nitrogens with zero attached hydrogens (tertiary/aromatic N) is 2. The van der Waals surface area contributed by atoms with Gasteiger partial charge in [-0.25, -0.2) is 4.98 Å². The lowest BCUT2D eigenvalue weighted by Gasteiger charge is -2.28. The first-order valence-corrected chi connectivity index (χ1v) is 16.7. The summed E-state index contributed by atoms with van der Waals surface area (Å²) in [7, 11) is 0. The largest absolute Gasteiger partial charge is 0.341 e. The number of aromatic amines is 1. The summed E-state index contributed by atoms with van der Waals surface area (Å²) in [6.07, 6.45) is 15.7. The number of nitrogens with one attached hydrogen (secondary N) is 3. The number of rotatable bonds is 5. The van der Waals surface area contributed by atoms with E-state index >= 15 is 0 Å². The lowest BCUT2D eigenvalue weighted by molar-refractivity contribution is 0.440. The minimum absolute atomic E-state index is 0.340. The molecule has 2 aliphatic carbocycles. The molecule has 4 heterocycles. The monoisotopic (exact) mass is 567 g/mol. The number of fused-ring (bicyclic) bond motifs is 3. The molecule has 2 saturated heterocycles. The lowest BCUT2D eigenvalue weighted by atomic mass is 9.76. The van der Waals surface area contributed by atoms with Crippen LogP contribution in [0.25, 0.3) is 33.5 Å². The molecule has 9 rings (SSSR count). The van der Waals surface area contributed by atoms with Crippen molar-refractivity contribution in [2.45, 2.75) is 88.1 Å². The number of hydrogen-bond acceptors (Lipinski definition) is 4. The van der Waals surface area contributed by atoms with Gasteiger partial charge < -0.3 is 15.6 Å². The van der Waals surface area contributed by atoms with Gasteiger partial charge in [0.05, 0.1) is 23.6 Å². The average molecular weight is 568 g/mol. The second-order valence-corrected chi connectivity index (χ2v) is 13.7. The molecule has 43 heavy (non-hydrogen) atoms. The van der Waals surface area contributed by atoms with Gasteiger partial charge >= 0.3 is 0 Å². The Balaban J connectivity index is 1.06. The van der Waals surface area contributed by atoms with Crippen molar-refractivity contribution in [3.05, 3.63) is 83.3 Å². The van der Waals surface area contributed by atoms with Crippen molar-refractivity contribution in [1.29, 1.82) is 0 Å². The highest BCUT2D eigenvalue weighted by molar-refractivity contribution is 5.98. The van der Waals surface area contributed by atoms with Crippen molar-refractivity contribution >= 4 is 11.4 Å². The van der Waals surface area contributed by atoms with E-state index in [0.717, 1.165) is 37.4 Å².